The third kappa shape index (κ3) is 6.22. The van der Waals surface area contributed by atoms with Crippen LogP contribution in [0.5, 0.6) is 0 Å². The summed E-state index contributed by atoms with van der Waals surface area (Å²) in [5, 5.41) is 6.60. The molecule has 1 aliphatic carbocycles. The molecule has 1 aromatic heterocycles. The van der Waals surface area contributed by atoms with Gasteiger partial charge in [0.05, 0.1) is 22.7 Å². The number of pyridine rings is 1. The summed E-state index contributed by atoms with van der Waals surface area (Å²) in [6.07, 6.45) is -0.944. The Kier molecular flexibility index (Phi) is 7.18. The smallest absolute Gasteiger partial charge is 0.396 e. The number of nitrogens with one attached hydrogen (secondary N) is 1. The number of carbonyl (C=O) groups excluding carboxylic acids is 1. The fourth-order valence-electron chi connectivity index (χ4n) is 2.62. The summed E-state index contributed by atoms with van der Waals surface area (Å²) in [6, 6.07) is 6.17. The molecule has 162 valence electrons. The highest BCUT2D eigenvalue weighted by molar-refractivity contribution is 6.34. The molecule has 2 aromatic rings. The van der Waals surface area contributed by atoms with Crippen molar-refractivity contribution in [3.8, 4) is 11.8 Å². The molecule has 9 heteroatoms. The maximum Gasteiger partial charge on any atom is 0.417 e. The van der Waals surface area contributed by atoms with Crippen LogP contribution >= 0.6 is 11.6 Å². The second-order valence-electron chi connectivity index (χ2n) is 6.78. The summed E-state index contributed by atoms with van der Waals surface area (Å²) < 4.78 is 39.6. The van der Waals surface area contributed by atoms with Gasteiger partial charge < -0.3 is 10.2 Å². The predicted molar refractivity (Wildman–Crippen MR) is 111 cm³/mol. The van der Waals surface area contributed by atoms with Crippen LogP contribution in [0.25, 0.3) is 0 Å². The Morgan fingerprint density at radius 3 is 2.74 bits per heavy atom. The van der Waals surface area contributed by atoms with Crippen LogP contribution in [0.1, 0.15) is 46.9 Å². The second-order valence-corrected chi connectivity index (χ2v) is 7.19. The van der Waals surface area contributed by atoms with Crippen molar-refractivity contribution in [2.75, 3.05) is 13.2 Å². The van der Waals surface area contributed by atoms with E-state index in [0.29, 0.717) is 11.5 Å². The Balaban J connectivity index is 1.79. The van der Waals surface area contributed by atoms with Crippen molar-refractivity contribution < 1.29 is 22.8 Å². The number of aromatic nitrogens is 1. The summed E-state index contributed by atoms with van der Waals surface area (Å²) in [4.78, 5) is 21.8. The first-order valence-electron chi connectivity index (χ1n) is 9.60. The van der Waals surface area contributed by atoms with E-state index in [9.17, 15) is 18.0 Å². The Hall–Kier alpha value is -3.05. The van der Waals surface area contributed by atoms with E-state index in [1.165, 1.54) is 18.3 Å². The Bertz CT molecular complexity index is 1050. The highest BCUT2D eigenvalue weighted by atomic mass is 35.5. The standard InChI is InChI=1S/C22H19ClF3N3O2/c1-2-31-29-19(20-18(23)11-15(12-27-20)10-9-14-7-8-14)13-28-21(30)16-5-3-4-6-17(16)22(24,25)26/h3-6,11-12,14H,2,7-8,13H2,1H3,(H,28,30)/b29-19+. The van der Waals surface area contributed by atoms with Crippen LogP contribution in [0, 0.1) is 17.8 Å². The number of nitrogens with zero attached hydrogens (tertiary/aromatic N) is 2. The molecule has 1 aliphatic rings. The lowest BCUT2D eigenvalue weighted by Gasteiger charge is -2.13. The van der Waals surface area contributed by atoms with E-state index in [-0.39, 0.29) is 29.6 Å². The minimum Gasteiger partial charge on any atom is -0.396 e. The first-order chi connectivity index (χ1) is 14.8. The number of alkyl halides is 3. The molecule has 1 saturated carbocycles. The maximum absolute atomic E-state index is 13.2. The number of carbonyl (C=O) groups is 1. The average molecular weight is 450 g/mol. The molecule has 1 N–H and O–H groups in total. The lowest BCUT2D eigenvalue weighted by atomic mass is 10.1. The number of rotatable bonds is 6. The molecule has 0 unspecified atom stereocenters. The maximum atomic E-state index is 13.2. The van der Waals surface area contributed by atoms with Gasteiger partial charge in [0.2, 0.25) is 0 Å². The molecule has 0 atom stereocenters. The van der Waals surface area contributed by atoms with Gasteiger partial charge in [0, 0.05) is 17.7 Å². The molecule has 1 fully saturated rings. The zero-order valence-corrected chi connectivity index (χ0v) is 17.3. The molecule has 0 radical (unpaired) electrons. The Labute approximate surface area is 182 Å². The van der Waals surface area contributed by atoms with Gasteiger partial charge in [-0.2, -0.15) is 13.2 Å². The normalized spacial score (nSPS) is 13.9. The van der Waals surface area contributed by atoms with Gasteiger partial charge in [0.1, 0.15) is 18.0 Å². The molecule has 5 nitrogen and oxygen atoms in total. The first-order valence-corrected chi connectivity index (χ1v) is 9.98. The zero-order chi connectivity index (χ0) is 22.4. The van der Waals surface area contributed by atoms with Crippen molar-refractivity contribution in [3.05, 3.63) is 63.9 Å². The number of hydrogen-bond acceptors (Lipinski definition) is 4. The van der Waals surface area contributed by atoms with Crippen molar-refractivity contribution in [3.63, 3.8) is 0 Å². The summed E-state index contributed by atoms with van der Waals surface area (Å²) >= 11 is 6.32. The Morgan fingerprint density at radius 2 is 2.10 bits per heavy atom. The van der Waals surface area contributed by atoms with Gasteiger partial charge >= 0.3 is 6.18 Å². The lowest BCUT2D eigenvalue weighted by Crippen LogP contribution is -2.32. The molecule has 1 heterocycles. The molecule has 3 rings (SSSR count). The molecule has 1 aromatic carbocycles. The monoisotopic (exact) mass is 449 g/mol. The van der Waals surface area contributed by atoms with E-state index in [2.05, 4.69) is 27.3 Å². The molecule has 31 heavy (non-hydrogen) atoms. The highest BCUT2D eigenvalue weighted by Gasteiger charge is 2.34. The second kappa shape index (κ2) is 9.84. The summed E-state index contributed by atoms with van der Waals surface area (Å²) in [7, 11) is 0. The van der Waals surface area contributed by atoms with Crippen LogP contribution in [-0.2, 0) is 11.0 Å². The van der Waals surface area contributed by atoms with Crippen LogP contribution in [-0.4, -0.2) is 29.8 Å². The van der Waals surface area contributed by atoms with Crippen LogP contribution in [0.15, 0.2) is 41.7 Å². The summed E-state index contributed by atoms with van der Waals surface area (Å²) in [5.74, 6) is 5.63. The molecule has 0 spiro atoms. The summed E-state index contributed by atoms with van der Waals surface area (Å²) in [5.41, 5.74) is -0.455. The third-order valence-corrected chi connectivity index (χ3v) is 4.60. The van der Waals surface area contributed by atoms with Crippen molar-refractivity contribution in [1.29, 1.82) is 0 Å². The minimum absolute atomic E-state index is 0.173. The molecule has 0 saturated heterocycles. The Morgan fingerprint density at radius 1 is 1.35 bits per heavy atom. The van der Waals surface area contributed by atoms with Gasteiger partial charge in [-0.25, -0.2) is 0 Å². The van der Waals surface area contributed by atoms with E-state index in [1.807, 2.05) is 0 Å². The largest absolute Gasteiger partial charge is 0.417 e. The van der Waals surface area contributed by atoms with Gasteiger partial charge in [-0.1, -0.05) is 40.7 Å². The molecule has 0 aliphatic heterocycles. The van der Waals surface area contributed by atoms with Gasteiger partial charge in [0.15, 0.2) is 0 Å². The van der Waals surface area contributed by atoms with Gasteiger partial charge in [0.25, 0.3) is 5.91 Å². The van der Waals surface area contributed by atoms with Crippen molar-refractivity contribution in [1.82, 2.24) is 10.3 Å². The number of halogens is 4. The SMILES string of the molecule is CCO/N=C(\CNC(=O)c1ccccc1C(F)(F)F)c1ncc(C#CC2CC2)cc1Cl. The van der Waals surface area contributed by atoms with Crippen molar-refractivity contribution in [2.24, 2.45) is 11.1 Å². The number of oxime groups is 1. The quantitative estimate of drug-likeness (QED) is 0.395. The van der Waals surface area contributed by atoms with Crippen molar-refractivity contribution in [2.45, 2.75) is 25.9 Å². The van der Waals surface area contributed by atoms with Crippen LogP contribution in [0.2, 0.25) is 5.02 Å². The molecular formula is C22H19ClF3N3O2. The number of benzene rings is 1. The fraction of sp³-hybridized carbons (Fsp3) is 0.318. The predicted octanol–water partition coefficient (Wildman–Crippen LogP) is 4.69. The first kappa shape index (κ1) is 22.6. The number of hydrogen-bond donors (Lipinski definition) is 1. The van der Waals surface area contributed by atoms with Gasteiger partial charge in [-0.15, -0.1) is 0 Å². The van der Waals surface area contributed by atoms with Gasteiger partial charge in [-0.05, 0) is 38.0 Å². The average Bonchev–Trinajstić information content (AvgIpc) is 3.57. The third-order valence-electron chi connectivity index (χ3n) is 4.31. The van der Waals surface area contributed by atoms with E-state index in [1.54, 1.807) is 13.0 Å². The van der Waals surface area contributed by atoms with Gasteiger partial charge in [-0.3, -0.25) is 9.78 Å². The minimum atomic E-state index is -4.65. The number of amides is 1. The zero-order valence-electron chi connectivity index (χ0n) is 16.6. The molecule has 1 amide bonds. The highest BCUT2D eigenvalue weighted by Crippen LogP contribution is 2.31. The molecular weight excluding hydrogens is 431 g/mol. The lowest BCUT2D eigenvalue weighted by molar-refractivity contribution is -0.137. The van der Waals surface area contributed by atoms with E-state index in [0.717, 1.165) is 25.0 Å². The molecule has 0 bridgehead atoms. The van der Waals surface area contributed by atoms with E-state index >= 15 is 0 Å². The van der Waals surface area contributed by atoms with Crippen LogP contribution in [0.4, 0.5) is 13.2 Å². The topological polar surface area (TPSA) is 63.6 Å². The van der Waals surface area contributed by atoms with E-state index in [4.69, 9.17) is 16.4 Å². The van der Waals surface area contributed by atoms with Crippen molar-refractivity contribution >= 4 is 23.2 Å². The summed E-state index contributed by atoms with van der Waals surface area (Å²) in [6.45, 7) is 1.73. The van der Waals surface area contributed by atoms with Crippen LogP contribution < -0.4 is 5.32 Å². The van der Waals surface area contributed by atoms with E-state index < -0.39 is 23.2 Å². The van der Waals surface area contributed by atoms with Crippen LogP contribution in [0.3, 0.4) is 0 Å². The fourth-order valence-corrected chi connectivity index (χ4v) is 2.90.